The summed E-state index contributed by atoms with van der Waals surface area (Å²) < 4.78 is 0. The van der Waals surface area contributed by atoms with E-state index >= 15 is 0 Å². The van der Waals surface area contributed by atoms with Crippen molar-refractivity contribution in [2.45, 2.75) is 40.7 Å². The molecule has 0 bridgehead atoms. The number of hydrogen-bond donors (Lipinski definition) is 2. The van der Waals surface area contributed by atoms with E-state index in [1.807, 2.05) is 52.0 Å². The van der Waals surface area contributed by atoms with Crippen molar-refractivity contribution in [2.75, 3.05) is 6.54 Å². The summed E-state index contributed by atoms with van der Waals surface area (Å²) in [6.45, 7) is 8.46. The lowest BCUT2D eigenvalue weighted by Crippen LogP contribution is -2.37. The van der Waals surface area contributed by atoms with Gasteiger partial charge in [-0.1, -0.05) is 45.0 Å². The molecule has 4 nitrogen and oxygen atoms in total. The first-order valence-electron chi connectivity index (χ1n) is 6.90. The van der Waals surface area contributed by atoms with E-state index in [0.717, 1.165) is 11.1 Å². The second-order valence-corrected chi connectivity index (χ2v) is 5.96. The van der Waals surface area contributed by atoms with Crippen LogP contribution in [0.4, 0.5) is 0 Å². The van der Waals surface area contributed by atoms with E-state index in [-0.39, 0.29) is 11.8 Å². The van der Waals surface area contributed by atoms with Gasteiger partial charge in [-0.2, -0.15) is 0 Å². The second-order valence-electron chi connectivity index (χ2n) is 5.96. The molecule has 0 atom stereocenters. The molecule has 0 saturated carbocycles. The molecule has 2 N–H and O–H groups in total. The smallest absolute Gasteiger partial charge is 0.225 e. The first-order valence-corrected chi connectivity index (χ1v) is 6.90. The summed E-state index contributed by atoms with van der Waals surface area (Å²) in [7, 11) is 0. The van der Waals surface area contributed by atoms with Gasteiger partial charge in [0.15, 0.2) is 0 Å². The van der Waals surface area contributed by atoms with Gasteiger partial charge in [-0.15, -0.1) is 0 Å². The first-order chi connectivity index (χ1) is 9.30. The monoisotopic (exact) mass is 276 g/mol. The number of rotatable bonds is 5. The fraction of sp³-hybridized carbons (Fsp3) is 0.500. The second kappa shape index (κ2) is 7.08. The molecule has 0 fully saturated rings. The largest absolute Gasteiger partial charge is 0.355 e. The third kappa shape index (κ3) is 5.43. The highest BCUT2D eigenvalue weighted by molar-refractivity contribution is 5.82. The lowest BCUT2D eigenvalue weighted by Gasteiger charge is -2.17. The maximum atomic E-state index is 11.7. The summed E-state index contributed by atoms with van der Waals surface area (Å²) in [5.74, 6) is -0.0910. The molecule has 1 aromatic carbocycles. The van der Waals surface area contributed by atoms with Crippen molar-refractivity contribution in [3.05, 3.63) is 35.4 Å². The van der Waals surface area contributed by atoms with Crippen LogP contribution in [0, 0.1) is 12.3 Å². The molecule has 1 rings (SSSR count). The van der Waals surface area contributed by atoms with Crippen molar-refractivity contribution in [1.29, 1.82) is 0 Å². The summed E-state index contributed by atoms with van der Waals surface area (Å²) in [6, 6.07) is 7.95. The van der Waals surface area contributed by atoms with E-state index in [4.69, 9.17) is 0 Å². The molecular formula is C16H24N2O2. The number of carbonyl (C=O) groups is 2. The Morgan fingerprint density at radius 3 is 2.35 bits per heavy atom. The van der Waals surface area contributed by atoms with Gasteiger partial charge in [-0.05, 0) is 18.1 Å². The molecule has 0 spiro atoms. The Labute approximate surface area is 121 Å². The number of benzene rings is 1. The van der Waals surface area contributed by atoms with Gasteiger partial charge in [0, 0.05) is 24.9 Å². The Bertz CT molecular complexity index is 476. The van der Waals surface area contributed by atoms with E-state index in [1.165, 1.54) is 0 Å². The molecule has 4 heteroatoms. The van der Waals surface area contributed by atoms with Gasteiger partial charge < -0.3 is 10.6 Å². The van der Waals surface area contributed by atoms with E-state index < -0.39 is 5.41 Å². The zero-order chi connectivity index (χ0) is 15.2. The highest BCUT2D eigenvalue weighted by Crippen LogP contribution is 2.12. The predicted octanol–water partition coefficient (Wildman–Crippen LogP) is 2.16. The van der Waals surface area contributed by atoms with Gasteiger partial charge in [0.2, 0.25) is 11.8 Å². The summed E-state index contributed by atoms with van der Waals surface area (Å²) in [5.41, 5.74) is 1.85. The summed E-state index contributed by atoms with van der Waals surface area (Å²) in [6.07, 6.45) is 0.299. The van der Waals surface area contributed by atoms with Crippen LogP contribution >= 0.6 is 0 Å². The maximum absolute atomic E-state index is 11.7. The van der Waals surface area contributed by atoms with Crippen LogP contribution in [0.15, 0.2) is 24.3 Å². The molecule has 0 aliphatic rings. The lowest BCUT2D eigenvalue weighted by atomic mass is 9.96. The number of amides is 2. The minimum Gasteiger partial charge on any atom is -0.355 e. The topological polar surface area (TPSA) is 58.2 Å². The number of carbonyl (C=O) groups excluding carboxylic acids is 2. The Morgan fingerprint density at radius 2 is 1.75 bits per heavy atom. The van der Waals surface area contributed by atoms with Gasteiger partial charge in [0.05, 0.1) is 0 Å². The Balaban J connectivity index is 2.28. The average molecular weight is 276 g/mol. The minimum absolute atomic E-state index is 0.0378. The molecule has 110 valence electrons. The molecule has 2 amide bonds. The van der Waals surface area contributed by atoms with Crippen LogP contribution in [0.2, 0.25) is 0 Å². The van der Waals surface area contributed by atoms with Crippen LogP contribution in [0.3, 0.4) is 0 Å². The molecular weight excluding hydrogens is 252 g/mol. The average Bonchev–Trinajstić information content (AvgIpc) is 2.36. The zero-order valence-corrected chi connectivity index (χ0v) is 12.7. The highest BCUT2D eigenvalue weighted by Gasteiger charge is 2.20. The van der Waals surface area contributed by atoms with Crippen LogP contribution in [-0.2, 0) is 16.1 Å². The summed E-state index contributed by atoms with van der Waals surface area (Å²) in [5, 5.41) is 5.63. The van der Waals surface area contributed by atoms with Crippen LogP contribution in [0.1, 0.15) is 38.3 Å². The number of nitrogens with one attached hydrogen (secondary N) is 2. The highest BCUT2D eigenvalue weighted by atomic mass is 16.2. The number of aryl methyl sites for hydroxylation is 1. The SMILES string of the molecule is Cc1ccccc1CNC(=O)CCNC(=O)C(C)(C)C. The van der Waals surface area contributed by atoms with Crippen molar-refractivity contribution in [1.82, 2.24) is 10.6 Å². The molecule has 0 radical (unpaired) electrons. The molecule has 0 aliphatic heterocycles. The Kier molecular flexibility index (Phi) is 5.74. The summed E-state index contributed by atoms with van der Waals surface area (Å²) >= 11 is 0. The van der Waals surface area contributed by atoms with Crippen molar-refractivity contribution in [3.8, 4) is 0 Å². The van der Waals surface area contributed by atoms with Gasteiger partial charge in [-0.25, -0.2) is 0 Å². The van der Waals surface area contributed by atoms with Crippen molar-refractivity contribution in [3.63, 3.8) is 0 Å². The molecule has 0 saturated heterocycles. The van der Waals surface area contributed by atoms with Crippen LogP contribution in [0.5, 0.6) is 0 Å². The first kappa shape index (κ1) is 16.2. The third-order valence-corrected chi connectivity index (χ3v) is 3.06. The van der Waals surface area contributed by atoms with E-state index in [9.17, 15) is 9.59 Å². The predicted molar refractivity (Wildman–Crippen MR) is 80.1 cm³/mol. The molecule has 1 aromatic rings. The van der Waals surface area contributed by atoms with Crippen molar-refractivity contribution >= 4 is 11.8 Å². The lowest BCUT2D eigenvalue weighted by molar-refractivity contribution is -0.128. The summed E-state index contributed by atoms with van der Waals surface area (Å²) in [4.78, 5) is 23.3. The Morgan fingerprint density at radius 1 is 1.10 bits per heavy atom. The normalized spacial score (nSPS) is 11.0. The number of hydrogen-bond acceptors (Lipinski definition) is 2. The van der Waals surface area contributed by atoms with E-state index in [2.05, 4.69) is 10.6 Å². The van der Waals surface area contributed by atoms with Gasteiger partial charge in [0.25, 0.3) is 0 Å². The maximum Gasteiger partial charge on any atom is 0.225 e. The zero-order valence-electron chi connectivity index (χ0n) is 12.7. The molecule has 0 heterocycles. The molecule has 0 aromatic heterocycles. The van der Waals surface area contributed by atoms with Gasteiger partial charge in [0.1, 0.15) is 0 Å². The standard InChI is InChI=1S/C16H24N2O2/c1-12-7-5-6-8-13(12)11-18-14(19)9-10-17-15(20)16(2,3)4/h5-8H,9-11H2,1-4H3,(H,17,20)(H,18,19). The van der Waals surface area contributed by atoms with Crippen LogP contribution in [0.25, 0.3) is 0 Å². The Hall–Kier alpha value is -1.84. The van der Waals surface area contributed by atoms with Gasteiger partial charge >= 0.3 is 0 Å². The van der Waals surface area contributed by atoms with Crippen molar-refractivity contribution < 1.29 is 9.59 Å². The third-order valence-electron chi connectivity index (χ3n) is 3.06. The minimum atomic E-state index is -0.419. The fourth-order valence-corrected chi connectivity index (χ4v) is 1.65. The van der Waals surface area contributed by atoms with E-state index in [0.29, 0.717) is 19.5 Å². The molecule has 0 aliphatic carbocycles. The van der Waals surface area contributed by atoms with Crippen molar-refractivity contribution in [2.24, 2.45) is 5.41 Å². The molecule has 20 heavy (non-hydrogen) atoms. The molecule has 0 unspecified atom stereocenters. The fourth-order valence-electron chi connectivity index (χ4n) is 1.65. The van der Waals surface area contributed by atoms with E-state index in [1.54, 1.807) is 0 Å². The van der Waals surface area contributed by atoms with Gasteiger partial charge in [-0.3, -0.25) is 9.59 Å². The van der Waals surface area contributed by atoms with Crippen LogP contribution < -0.4 is 10.6 Å². The quantitative estimate of drug-likeness (QED) is 0.866. The van der Waals surface area contributed by atoms with Crippen LogP contribution in [-0.4, -0.2) is 18.4 Å².